The normalized spacial score (nSPS) is 20.9. The Kier molecular flexibility index (Phi) is 10.4. The Morgan fingerprint density at radius 1 is 1.07 bits per heavy atom. The van der Waals surface area contributed by atoms with Gasteiger partial charge in [0.05, 0.1) is 18.2 Å². The predicted molar refractivity (Wildman–Crippen MR) is 133 cm³/mol. The van der Waals surface area contributed by atoms with Crippen LogP contribution in [0.5, 0.6) is 0 Å². The number of nitrogens with zero attached hydrogens (tertiary/aromatic N) is 2. The first-order chi connectivity index (χ1) is 18.3. The summed E-state index contributed by atoms with van der Waals surface area (Å²) in [6.45, 7) is 6.16. The zero-order chi connectivity index (χ0) is 30.6. The molecule has 0 bridgehead atoms. The highest BCUT2D eigenvalue weighted by atomic mass is 19.4. The molecular formula is C27H34F6N2O5. The molecule has 4 atom stereocenters. The minimum Gasteiger partial charge on any atom is -0.453 e. The number of benzene rings is 1. The van der Waals surface area contributed by atoms with E-state index >= 15 is 0 Å². The summed E-state index contributed by atoms with van der Waals surface area (Å²) in [5, 5.41) is 10.2. The van der Waals surface area contributed by atoms with Crippen molar-refractivity contribution in [3.8, 4) is 12.3 Å². The first kappa shape index (κ1) is 33.1. The van der Waals surface area contributed by atoms with Gasteiger partial charge in [0.25, 0.3) is 0 Å². The molecule has 40 heavy (non-hydrogen) atoms. The molecule has 2 rings (SSSR count). The van der Waals surface area contributed by atoms with E-state index in [0.717, 1.165) is 12.0 Å². The van der Waals surface area contributed by atoms with E-state index in [1.165, 1.54) is 4.90 Å². The van der Waals surface area contributed by atoms with Crippen molar-refractivity contribution in [2.75, 3.05) is 7.11 Å². The molecule has 1 aromatic carbocycles. The largest absolute Gasteiger partial charge is 0.453 e. The molecule has 1 aliphatic heterocycles. The van der Waals surface area contributed by atoms with Gasteiger partial charge in [-0.15, -0.1) is 6.42 Å². The maximum Gasteiger partial charge on any atom is 0.416 e. The lowest BCUT2D eigenvalue weighted by atomic mass is 9.86. The first-order valence-electron chi connectivity index (χ1n) is 12.6. The molecule has 1 saturated heterocycles. The highest BCUT2D eigenvalue weighted by molar-refractivity contribution is 5.70. The number of likely N-dealkylation sites (tertiary alicyclic amines) is 1. The Bertz CT molecular complexity index is 1060. The summed E-state index contributed by atoms with van der Waals surface area (Å²) in [5.41, 5.74) is -4.28. The number of methoxy groups -OCH3 is 1. The molecule has 1 aliphatic rings. The van der Waals surface area contributed by atoms with E-state index in [0.29, 0.717) is 18.6 Å². The van der Waals surface area contributed by atoms with Crippen LogP contribution in [0.15, 0.2) is 18.2 Å². The molecule has 224 valence electrons. The number of carbonyl (C=O) groups excluding carboxylic acids is 2. The topological polar surface area (TPSA) is 79.3 Å². The number of ether oxygens (including phenoxy) is 2. The maximum absolute atomic E-state index is 13.4. The van der Waals surface area contributed by atoms with E-state index in [1.807, 2.05) is 0 Å². The van der Waals surface area contributed by atoms with Crippen molar-refractivity contribution in [2.45, 2.75) is 102 Å². The second kappa shape index (κ2) is 12.6. The Morgan fingerprint density at radius 3 is 2.02 bits per heavy atom. The van der Waals surface area contributed by atoms with Crippen molar-refractivity contribution in [1.29, 1.82) is 0 Å². The van der Waals surface area contributed by atoms with Gasteiger partial charge in [-0.2, -0.15) is 26.3 Å². The Hall–Kier alpha value is -3.14. The van der Waals surface area contributed by atoms with Crippen LogP contribution in [0.25, 0.3) is 0 Å². The van der Waals surface area contributed by atoms with Crippen molar-refractivity contribution >= 4 is 12.2 Å². The van der Waals surface area contributed by atoms with Gasteiger partial charge in [-0.3, -0.25) is 0 Å². The third-order valence-corrected chi connectivity index (χ3v) is 6.49. The first-order valence-corrected chi connectivity index (χ1v) is 12.6. The third kappa shape index (κ3) is 8.68. The summed E-state index contributed by atoms with van der Waals surface area (Å²) in [4.78, 5) is 28.4. The number of carbonyl (C=O) groups is 2. The molecule has 0 saturated carbocycles. The van der Waals surface area contributed by atoms with E-state index < -0.39 is 77.6 Å². The summed E-state index contributed by atoms with van der Waals surface area (Å²) in [7, 11) is 1.04. The molecule has 0 spiro atoms. The van der Waals surface area contributed by atoms with E-state index in [9.17, 15) is 41.0 Å². The second-order valence-electron chi connectivity index (χ2n) is 10.7. The van der Waals surface area contributed by atoms with Crippen LogP contribution in [0.2, 0.25) is 0 Å². The summed E-state index contributed by atoms with van der Waals surface area (Å²) >= 11 is 0. The summed E-state index contributed by atoms with van der Waals surface area (Å²) in [6, 6.07) is -0.979. The van der Waals surface area contributed by atoms with Gasteiger partial charge >= 0.3 is 24.5 Å². The molecule has 0 radical (unpaired) electrons. The Morgan fingerprint density at radius 2 is 1.60 bits per heavy atom. The number of amides is 2. The number of aliphatic hydroxyl groups excluding tert-OH is 1. The highest BCUT2D eigenvalue weighted by Crippen LogP contribution is 2.38. The number of hydrogen-bond donors (Lipinski definition) is 1. The van der Waals surface area contributed by atoms with Gasteiger partial charge in [0.1, 0.15) is 11.7 Å². The molecule has 0 aromatic heterocycles. The smallest absolute Gasteiger partial charge is 0.416 e. The minimum absolute atomic E-state index is 0.00860. The number of hydrogen-bond acceptors (Lipinski definition) is 5. The Labute approximate surface area is 229 Å². The molecule has 1 aromatic rings. The van der Waals surface area contributed by atoms with Crippen LogP contribution in [-0.2, 0) is 28.4 Å². The molecule has 7 nitrogen and oxygen atoms in total. The number of terminal acetylenes is 1. The molecule has 2 amide bonds. The Balaban J connectivity index is 2.53. The quantitative estimate of drug-likeness (QED) is 0.319. The lowest BCUT2D eigenvalue weighted by molar-refractivity contribution is -0.143. The number of aliphatic hydroxyl groups is 1. The van der Waals surface area contributed by atoms with Crippen LogP contribution in [0.3, 0.4) is 0 Å². The molecule has 1 N–H and O–H groups in total. The zero-order valence-corrected chi connectivity index (χ0v) is 22.9. The fourth-order valence-electron chi connectivity index (χ4n) is 4.78. The summed E-state index contributed by atoms with van der Waals surface area (Å²) in [5.74, 6) is 2.17. The van der Waals surface area contributed by atoms with Crippen LogP contribution >= 0.6 is 0 Å². The van der Waals surface area contributed by atoms with E-state index in [1.54, 1.807) is 27.7 Å². The van der Waals surface area contributed by atoms with Crippen LogP contribution in [0, 0.1) is 12.3 Å². The lowest BCUT2D eigenvalue weighted by Gasteiger charge is -2.48. The summed E-state index contributed by atoms with van der Waals surface area (Å²) < 4.78 is 91.0. The zero-order valence-electron chi connectivity index (χ0n) is 22.9. The molecule has 13 heteroatoms. The van der Waals surface area contributed by atoms with Gasteiger partial charge in [-0.25, -0.2) is 9.59 Å². The van der Waals surface area contributed by atoms with Crippen LogP contribution in [-0.4, -0.2) is 64.0 Å². The average molecular weight is 581 g/mol. The maximum atomic E-state index is 13.4. The standard InChI is InChI=1S/C27H34F6N2O5/c1-7-19-12-20(13-21(14-22(36)8-2)35(19)24(38)40-25(3,4)5)34(23(37)39-6)15-16-9-17(26(28,29)30)11-18(10-16)27(31,32)33/h2,9-11,19-22,36H,7,12-15H2,1,3-6H3/t19-,20+,21-,22+/m1/s1. The van der Waals surface area contributed by atoms with Gasteiger partial charge in [-0.1, -0.05) is 12.8 Å². The monoisotopic (exact) mass is 580 g/mol. The minimum atomic E-state index is -5.06. The molecule has 1 fully saturated rings. The van der Waals surface area contributed by atoms with Crippen LogP contribution < -0.4 is 0 Å². The van der Waals surface area contributed by atoms with E-state index in [-0.39, 0.29) is 25.3 Å². The van der Waals surface area contributed by atoms with E-state index in [2.05, 4.69) is 5.92 Å². The van der Waals surface area contributed by atoms with Crippen LogP contribution in [0.1, 0.15) is 70.1 Å². The van der Waals surface area contributed by atoms with Gasteiger partial charge in [-0.05, 0) is 63.8 Å². The van der Waals surface area contributed by atoms with Gasteiger partial charge in [0.2, 0.25) is 0 Å². The molecule has 0 unspecified atom stereocenters. The van der Waals surface area contributed by atoms with Crippen molar-refractivity contribution in [1.82, 2.24) is 9.80 Å². The van der Waals surface area contributed by atoms with Crippen molar-refractivity contribution < 1.29 is 50.5 Å². The highest BCUT2D eigenvalue weighted by Gasteiger charge is 2.44. The van der Waals surface area contributed by atoms with Crippen molar-refractivity contribution in [3.05, 3.63) is 34.9 Å². The summed E-state index contributed by atoms with van der Waals surface area (Å²) in [6.07, 6.45) is -7.30. The van der Waals surface area contributed by atoms with Gasteiger partial charge in [0, 0.05) is 31.1 Å². The molecule has 1 heterocycles. The average Bonchev–Trinajstić information content (AvgIpc) is 2.83. The van der Waals surface area contributed by atoms with Crippen LogP contribution in [0.4, 0.5) is 35.9 Å². The molecular weight excluding hydrogens is 546 g/mol. The fourth-order valence-corrected chi connectivity index (χ4v) is 4.78. The van der Waals surface area contributed by atoms with Gasteiger partial charge in [0.15, 0.2) is 0 Å². The van der Waals surface area contributed by atoms with E-state index in [4.69, 9.17) is 15.9 Å². The van der Waals surface area contributed by atoms with Crippen molar-refractivity contribution in [2.24, 2.45) is 0 Å². The SMILES string of the molecule is C#C[C@H](O)C[C@H]1C[C@@H](N(Cc2cc(C(F)(F)F)cc(C(F)(F)F)c2)C(=O)OC)C[C@@H](CC)N1C(=O)OC(C)(C)C. The third-order valence-electron chi connectivity index (χ3n) is 6.49. The number of piperidine rings is 1. The molecule has 0 aliphatic carbocycles. The number of rotatable bonds is 6. The number of halogens is 6. The van der Waals surface area contributed by atoms with Crippen molar-refractivity contribution in [3.63, 3.8) is 0 Å². The fraction of sp³-hybridized carbons (Fsp3) is 0.630. The van der Waals surface area contributed by atoms with Gasteiger partial charge < -0.3 is 24.4 Å². The lowest BCUT2D eigenvalue weighted by Crippen LogP contribution is -2.58. The number of alkyl halides is 6. The predicted octanol–water partition coefficient (Wildman–Crippen LogP) is 6.22. The second-order valence-corrected chi connectivity index (χ2v) is 10.7.